The summed E-state index contributed by atoms with van der Waals surface area (Å²) in [6.07, 6.45) is 0. The number of benzene rings is 1. The Balaban J connectivity index is 2.15. The predicted octanol–water partition coefficient (Wildman–Crippen LogP) is 2.41. The topological polar surface area (TPSA) is 62.2 Å². The molecule has 1 heterocycles. The van der Waals surface area contributed by atoms with Crippen LogP contribution in [0.4, 0.5) is 5.69 Å². The van der Waals surface area contributed by atoms with Crippen molar-refractivity contribution in [1.29, 1.82) is 0 Å². The van der Waals surface area contributed by atoms with Gasteiger partial charge in [-0.2, -0.15) is 0 Å². The second kappa shape index (κ2) is 4.32. The van der Waals surface area contributed by atoms with Crippen molar-refractivity contribution in [3.8, 4) is 5.75 Å². The zero-order valence-electron chi connectivity index (χ0n) is 8.60. The molecule has 0 aliphatic carbocycles. The Bertz CT molecular complexity index is 509. The van der Waals surface area contributed by atoms with Gasteiger partial charge in [0.1, 0.15) is 11.4 Å². The number of aryl methyl sites for hydroxylation is 1. The molecule has 0 atom stereocenters. The Morgan fingerprint density at radius 2 is 2.31 bits per heavy atom. The van der Waals surface area contributed by atoms with Crippen LogP contribution in [-0.2, 0) is 0 Å². The summed E-state index contributed by atoms with van der Waals surface area (Å²) < 4.78 is 0. The number of hydrogen-bond donors (Lipinski definition) is 2. The second-order valence-corrected chi connectivity index (χ2v) is 4.05. The molecule has 4 nitrogen and oxygen atoms in total. The largest absolute Gasteiger partial charge is 0.508 e. The van der Waals surface area contributed by atoms with Crippen LogP contribution in [0.3, 0.4) is 0 Å². The fraction of sp³-hybridized carbons (Fsp3) is 0.0909. The third-order valence-corrected chi connectivity index (χ3v) is 2.72. The number of aromatic hydroxyl groups is 1. The summed E-state index contributed by atoms with van der Waals surface area (Å²) in [5.41, 5.74) is 3.31. The quantitative estimate of drug-likeness (QED) is 0.838. The van der Waals surface area contributed by atoms with E-state index in [1.54, 1.807) is 29.9 Å². The van der Waals surface area contributed by atoms with E-state index in [0.717, 1.165) is 5.56 Å². The molecular formula is C11H10N2O2S. The number of phenols is 1. The second-order valence-electron chi connectivity index (χ2n) is 3.33. The number of carbonyl (C=O) groups excluding carboxylic acids is 1. The van der Waals surface area contributed by atoms with E-state index in [0.29, 0.717) is 11.4 Å². The average molecular weight is 234 g/mol. The maximum absolute atomic E-state index is 11.6. The summed E-state index contributed by atoms with van der Waals surface area (Å²) in [6.45, 7) is 1.79. The molecule has 1 aromatic heterocycles. The zero-order valence-corrected chi connectivity index (χ0v) is 9.41. The van der Waals surface area contributed by atoms with Crippen molar-refractivity contribution in [1.82, 2.24) is 4.98 Å². The number of hydrogen-bond acceptors (Lipinski definition) is 4. The maximum Gasteiger partial charge on any atom is 0.275 e. The van der Waals surface area contributed by atoms with Crippen LogP contribution < -0.4 is 5.32 Å². The number of nitrogens with zero attached hydrogens (tertiary/aromatic N) is 1. The number of rotatable bonds is 2. The number of carbonyl (C=O) groups is 1. The molecule has 16 heavy (non-hydrogen) atoms. The standard InChI is InChI=1S/C11H10N2O2S/c1-7-2-3-8(4-10(7)14)13-11(15)9-5-16-6-12-9/h2-6,14H,1H3,(H,13,15). The van der Waals surface area contributed by atoms with E-state index in [-0.39, 0.29) is 11.7 Å². The minimum Gasteiger partial charge on any atom is -0.508 e. The van der Waals surface area contributed by atoms with E-state index < -0.39 is 0 Å². The Hall–Kier alpha value is -1.88. The molecule has 1 aromatic carbocycles. The van der Waals surface area contributed by atoms with Crippen LogP contribution in [0, 0.1) is 6.92 Å². The van der Waals surface area contributed by atoms with Crippen molar-refractivity contribution < 1.29 is 9.90 Å². The lowest BCUT2D eigenvalue weighted by molar-refractivity contribution is 0.102. The van der Waals surface area contributed by atoms with Crippen molar-refractivity contribution in [3.63, 3.8) is 0 Å². The van der Waals surface area contributed by atoms with Gasteiger partial charge in [-0.3, -0.25) is 4.79 Å². The highest BCUT2D eigenvalue weighted by Gasteiger charge is 2.08. The number of nitrogens with one attached hydrogen (secondary N) is 1. The van der Waals surface area contributed by atoms with Crippen molar-refractivity contribution in [2.24, 2.45) is 0 Å². The van der Waals surface area contributed by atoms with Gasteiger partial charge >= 0.3 is 0 Å². The van der Waals surface area contributed by atoms with Crippen molar-refractivity contribution in [2.45, 2.75) is 6.92 Å². The molecule has 5 heteroatoms. The number of thiazole rings is 1. The Morgan fingerprint density at radius 3 is 2.94 bits per heavy atom. The molecule has 2 rings (SSSR count). The van der Waals surface area contributed by atoms with Gasteiger partial charge in [0.05, 0.1) is 5.51 Å². The van der Waals surface area contributed by atoms with E-state index >= 15 is 0 Å². The first-order valence-electron chi connectivity index (χ1n) is 4.66. The van der Waals surface area contributed by atoms with Crippen molar-refractivity contribution >= 4 is 22.9 Å². The SMILES string of the molecule is Cc1ccc(NC(=O)c2cscn2)cc1O. The van der Waals surface area contributed by atoms with E-state index in [1.165, 1.54) is 17.4 Å². The summed E-state index contributed by atoms with van der Waals surface area (Å²) in [6, 6.07) is 4.99. The van der Waals surface area contributed by atoms with Gasteiger partial charge in [0.2, 0.25) is 0 Å². The molecule has 82 valence electrons. The van der Waals surface area contributed by atoms with Gasteiger partial charge < -0.3 is 10.4 Å². The normalized spacial score (nSPS) is 10.1. The van der Waals surface area contributed by atoms with E-state index in [1.807, 2.05) is 0 Å². The fourth-order valence-corrected chi connectivity index (χ4v) is 1.74. The lowest BCUT2D eigenvalue weighted by Crippen LogP contribution is -2.11. The van der Waals surface area contributed by atoms with Crippen LogP contribution >= 0.6 is 11.3 Å². The monoisotopic (exact) mass is 234 g/mol. The van der Waals surface area contributed by atoms with Crippen LogP contribution in [0.15, 0.2) is 29.1 Å². The minimum absolute atomic E-state index is 0.163. The minimum atomic E-state index is -0.274. The first kappa shape index (κ1) is 10.6. The van der Waals surface area contributed by atoms with Crippen LogP contribution in [0.2, 0.25) is 0 Å². The zero-order chi connectivity index (χ0) is 11.5. The third-order valence-electron chi connectivity index (χ3n) is 2.13. The molecule has 2 aromatic rings. The van der Waals surface area contributed by atoms with E-state index in [2.05, 4.69) is 10.3 Å². The molecule has 0 saturated heterocycles. The van der Waals surface area contributed by atoms with Gasteiger partial charge in [-0.05, 0) is 18.6 Å². The molecule has 0 bridgehead atoms. The van der Waals surface area contributed by atoms with Crippen molar-refractivity contribution in [3.05, 3.63) is 40.3 Å². The third kappa shape index (κ3) is 2.20. The van der Waals surface area contributed by atoms with Crippen molar-refractivity contribution in [2.75, 3.05) is 5.32 Å². The summed E-state index contributed by atoms with van der Waals surface area (Å²) in [7, 11) is 0. The molecule has 2 N–H and O–H groups in total. The van der Waals surface area contributed by atoms with E-state index in [4.69, 9.17) is 0 Å². The first-order valence-corrected chi connectivity index (χ1v) is 5.60. The van der Waals surface area contributed by atoms with Gasteiger partial charge in [0.15, 0.2) is 0 Å². The summed E-state index contributed by atoms with van der Waals surface area (Å²) >= 11 is 1.36. The lowest BCUT2D eigenvalue weighted by Gasteiger charge is -2.05. The van der Waals surface area contributed by atoms with Gasteiger partial charge in [-0.15, -0.1) is 11.3 Å². The van der Waals surface area contributed by atoms with Gasteiger partial charge in [0.25, 0.3) is 5.91 Å². The lowest BCUT2D eigenvalue weighted by atomic mass is 10.2. The van der Waals surface area contributed by atoms with Gasteiger partial charge in [-0.1, -0.05) is 6.07 Å². The first-order chi connectivity index (χ1) is 7.66. The van der Waals surface area contributed by atoms with Crippen LogP contribution in [0.1, 0.15) is 16.1 Å². The highest BCUT2D eigenvalue weighted by Crippen LogP contribution is 2.21. The van der Waals surface area contributed by atoms with Gasteiger partial charge in [-0.25, -0.2) is 4.98 Å². The Kier molecular flexibility index (Phi) is 2.87. The number of amides is 1. The van der Waals surface area contributed by atoms with E-state index in [9.17, 15) is 9.90 Å². The molecule has 0 spiro atoms. The van der Waals surface area contributed by atoms with Crippen LogP contribution in [0.5, 0.6) is 5.75 Å². The average Bonchev–Trinajstić information content (AvgIpc) is 2.77. The summed E-state index contributed by atoms with van der Waals surface area (Å²) in [5, 5.41) is 13.8. The molecule has 0 aliphatic rings. The number of anilines is 1. The molecule has 0 unspecified atom stereocenters. The van der Waals surface area contributed by atoms with Crippen LogP contribution in [0.25, 0.3) is 0 Å². The van der Waals surface area contributed by atoms with Crippen LogP contribution in [-0.4, -0.2) is 16.0 Å². The summed E-state index contributed by atoms with van der Waals surface area (Å²) in [4.78, 5) is 15.5. The number of aromatic nitrogens is 1. The van der Waals surface area contributed by atoms with Gasteiger partial charge in [0, 0.05) is 17.1 Å². The Labute approximate surface area is 96.6 Å². The Morgan fingerprint density at radius 1 is 1.50 bits per heavy atom. The molecule has 0 radical (unpaired) electrons. The molecule has 0 aliphatic heterocycles. The molecule has 0 fully saturated rings. The highest BCUT2D eigenvalue weighted by atomic mass is 32.1. The number of phenolic OH excluding ortho intramolecular Hbond substituents is 1. The highest BCUT2D eigenvalue weighted by molar-refractivity contribution is 7.07. The molecular weight excluding hydrogens is 224 g/mol. The fourth-order valence-electron chi connectivity index (χ4n) is 1.21. The molecule has 0 saturated carbocycles. The maximum atomic E-state index is 11.6. The summed E-state index contributed by atoms with van der Waals surface area (Å²) in [5.74, 6) is -0.111. The predicted molar refractivity (Wildman–Crippen MR) is 62.9 cm³/mol. The molecule has 1 amide bonds. The smallest absolute Gasteiger partial charge is 0.275 e.